The Morgan fingerprint density at radius 3 is 0.824 bits per heavy atom. The average Bonchev–Trinajstić information content (AvgIpc) is 0.878. The fourth-order valence-corrected chi connectivity index (χ4v) is 18.8. The van der Waals surface area contributed by atoms with E-state index >= 15 is 0 Å². The van der Waals surface area contributed by atoms with Crippen LogP contribution in [0.4, 0.5) is 34.1 Å². The summed E-state index contributed by atoms with van der Waals surface area (Å²) in [6, 6.07) is 124. The van der Waals surface area contributed by atoms with Gasteiger partial charge in [-0.2, -0.15) is 10.5 Å². The standard InChI is InChI=1S/C112H97BN6/c1-108(2,3)78-38-28-34-70(56-78)91-60-76(85-42-18-16-32-74(85)68-114)61-92(71-35-29-39-79(57-71)109(4,5)6)106(91)118-101-66-83(116-97-48-24-20-44-87(97)88-45-21-25-49-98(88)116)52-54-95(101)113-96-55-53-84(117-99-50-26-22-46-89(99)90-47-23-27-51-100(90)117)67-102(96)119(104-65-82(112(13,14)15)64-103(118)105(104)113)107-93(72-36-30-40-80(58-72)110(7,8)9)62-77(86-43-19-17-33-75(86)69-115)63-94(107)73-37-31-41-81(59-73)111(10,11)12/h16-67H,1-15H3. The van der Waals surface area contributed by atoms with Crippen LogP contribution < -0.4 is 26.2 Å². The molecule has 0 amide bonds. The summed E-state index contributed by atoms with van der Waals surface area (Å²) in [5.41, 5.74) is 34.2. The number of nitriles is 2. The van der Waals surface area contributed by atoms with E-state index in [1.165, 1.54) is 43.8 Å². The Morgan fingerprint density at radius 1 is 0.244 bits per heavy atom. The zero-order valence-electron chi connectivity index (χ0n) is 70.8. The molecule has 2 aliphatic rings. The van der Waals surface area contributed by atoms with Crippen molar-refractivity contribution in [3.63, 3.8) is 0 Å². The Balaban J connectivity index is 1.04. The minimum absolute atomic E-state index is 0.220. The largest absolute Gasteiger partial charge is 0.310 e. The number of hydrogen-bond donors (Lipinski definition) is 0. The number of anilines is 6. The molecule has 0 saturated heterocycles. The zero-order valence-corrected chi connectivity index (χ0v) is 70.8. The smallest absolute Gasteiger partial charge is 0.252 e. The first-order chi connectivity index (χ1) is 57.1. The lowest BCUT2D eigenvalue weighted by Crippen LogP contribution is -2.61. The highest BCUT2D eigenvalue weighted by Crippen LogP contribution is 2.57. The summed E-state index contributed by atoms with van der Waals surface area (Å²) in [5, 5.41) is 27.3. The van der Waals surface area contributed by atoms with Crippen molar-refractivity contribution in [2.45, 2.75) is 131 Å². The highest BCUT2D eigenvalue weighted by molar-refractivity contribution is 7.00. The molecule has 2 aromatic heterocycles. The lowest BCUT2D eigenvalue weighted by molar-refractivity contribution is 0.590. The van der Waals surface area contributed by atoms with Crippen molar-refractivity contribution in [2.75, 3.05) is 9.80 Å². The molecule has 15 aromatic carbocycles. The molecule has 4 heterocycles. The Morgan fingerprint density at radius 2 is 0.529 bits per heavy atom. The molecule has 19 rings (SSSR count). The Kier molecular flexibility index (Phi) is 17.9. The number of para-hydroxylation sites is 4. The molecule has 0 saturated carbocycles. The molecule has 2 aliphatic heterocycles. The third-order valence-electron chi connectivity index (χ3n) is 25.1. The molecular formula is C112H97BN6. The summed E-state index contributed by atoms with van der Waals surface area (Å²) >= 11 is 0. The minimum Gasteiger partial charge on any atom is -0.310 e. The van der Waals surface area contributed by atoms with Gasteiger partial charge in [0.05, 0.1) is 56.7 Å². The van der Waals surface area contributed by atoms with Crippen molar-refractivity contribution >= 4 is 101 Å². The number of benzene rings is 15. The van der Waals surface area contributed by atoms with Crippen LogP contribution in [0, 0.1) is 22.7 Å². The first-order valence-electron chi connectivity index (χ1n) is 41.9. The Labute approximate surface area is 701 Å². The van der Waals surface area contributed by atoms with Gasteiger partial charge in [-0.15, -0.1) is 0 Å². The lowest BCUT2D eigenvalue weighted by atomic mass is 9.33. The third kappa shape index (κ3) is 12.8. The zero-order chi connectivity index (χ0) is 82.5. The van der Waals surface area contributed by atoms with Crippen LogP contribution in [0.2, 0.25) is 0 Å². The first kappa shape index (κ1) is 75.6. The quantitative estimate of drug-likeness (QED) is 0.128. The van der Waals surface area contributed by atoms with Gasteiger partial charge in [0.1, 0.15) is 0 Å². The topological polar surface area (TPSA) is 63.9 Å². The molecule has 0 aliphatic carbocycles. The van der Waals surface area contributed by atoms with Gasteiger partial charge < -0.3 is 18.9 Å². The molecule has 119 heavy (non-hydrogen) atoms. The number of rotatable bonds is 10. The van der Waals surface area contributed by atoms with E-state index in [1.807, 2.05) is 24.3 Å². The van der Waals surface area contributed by atoms with E-state index in [4.69, 9.17) is 0 Å². The second kappa shape index (κ2) is 28.2. The minimum atomic E-state index is -0.453. The van der Waals surface area contributed by atoms with Crippen LogP contribution in [0.1, 0.15) is 143 Å². The summed E-state index contributed by atoms with van der Waals surface area (Å²) in [4.78, 5) is 5.41. The number of hydrogen-bond acceptors (Lipinski definition) is 4. The van der Waals surface area contributed by atoms with Gasteiger partial charge in [-0.3, -0.25) is 0 Å². The molecule has 0 bridgehead atoms. The Hall–Kier alpha value is -13.5. The fourth-order valence-electron chi connectivity index (χ4n) is 18.8. The van der Waals surface area contributed by atoms with Crippen molar-refractivity contribution in [3.8, 4) is 90.3 Å². The number of fused-ring (bicyclic) bond motifs is 10. The summed E-state index contributed by atoms with van der Waals surface area (Å²) in [7, 11) is 0. The predicted octanol–water partition coefficient (Wildman–Crippen LogP) is 28.2. The molecular weight excluding hydrogens is 1440 g/mol. The van der Waals surface area contributed by atoms with Crippen molar-refractivity contribution in [1.82, 2.24) is 9.13 Å². The molecule has 0 spiro atoms. The highest BCUT2D eigenvalue weighted by atomic mass is 15.2. The molecule has 0 fully saturated rings. The van der Waals surface area contributed by atoms with E-state index in [0.29, 0.717) is 11.1 Å². The maximum atomic E-state index is 11.3. The number of aromatic nitrogens is 2. The van der Waals surface area contributed by atoms with Gasteiger partial charge in [0.2, 0.25) is 0 Å². The van der Waals surface area contributed by atoms with Crippen LogP contribution >= 0.6 is 0 Å². The fraction of sp³-hybridized carbons (Fsp3) is 0.179. The SMILES string of the molecule is CC(C)(C)c1cccc(-c2cc(-c3ccccc3C#N)cc(-c3cccc(C(C)(C)C)c3)c2N2c3cc(-n4c5ccccc5c5ccccc54)ccc3B3c4ccc(-n5c6ccccc6c6ccccc65)cc4N(c4c(-c5cccc(C(C)(C)C)c5)cc(-c5ccccc5C#N)cc4-c4cccc(C(C)(C)C)c4)c4cc(C(C)(C)C)cc2c43)c1. The third-order valence-corrected chi connectivity index (χ3v) is 25.1. The molecule has 0 N–H and O–H groups in total. The van der Waals surface area contributed by atoms with Crippen LogP contribution in [-0.4, -0.2) is 15.8 Å². The van der Waals surface area contributed by atoms with E-state index in [1.54, 1.807) is 0 Å². The predicted molar refractivity (Wildman–Crippen MR) is 505 cm³/mol. The van der Waals surface area contributed by atoms with Gasteiger partial charge in [0, 0.05) is 77.9 Å². The molecule has 578 valence electrons. The van der Waals surface area contributed by atoms with Gasteiger partial charge in [-0.25, -0.2) is 0 Å². The van der Waals surface area contributed by atoms with Gasteiger partial charge >= 0.3 is 0 Å². The number of nitrogens with zero attached hydrogens (tertiary/aromatic N) is 6. The first-order valence-corrected chi connectivity index (χ1v) is 41.9. The maximum absolute atomic E-state index is 11.3. The summed E-state index contributed by atoms with van der Waals surface area (Å²) in [6.45, 7) is 34.5. The van der Waals surface area contributed by atoms with E-state index < -0.39 is 5.41 Å². The van der Waals surface area contributed by atoms with Crippen LogP contribution in [0.3, 0.4) is 0 Å². The highest BCUT2D eigenvalue weighted by Gasteiger charge is 2.47. The Bertz CT molecular complexity index is 6450. The monoisotopic (exact) mass is 1540 g/mol. The van der Waals surface area contributed by atoms with Gasteiger partial charge in [-0.1, -0.05) is 322 Å². The van der Waals surface area contributed by atoms with Crippen LogP contribution in [0.25, 0.3) is 122 Å². The van der Waals surface area contributed by atoms with E-state index in [0.717, 1.165) is 156 Å². The average molecular weight is 1540 g/mol. The van der Waals surface area contributed by atoms with E-state index in [9.17, 15) is 10.5 Å². The summed E-state index contributed by atoms with van der Waals surface area (Å²) in [5.74, 6) is 0. The molecule has 0 radical (unpaired) electrons. The van der Waals surface area contributed by atoms with E-state index in [2.05, 4.69) is 426 Å². The van der Waals surface area contributed by atoms with E-state index in [-0.39, 0.29) is 28.4 Å². The van der Waals surface area contributed by atoms with Gasteiger partial charge in [-0.05, 0) is 213 Å². The normalized spacial score (nSPS) is 12.9. The van der Waals surface area contributed by atoms with Crippen molar-refractivity contribution in [3.05, 3.63) is 354 Å². The summed E-state index contributed by atoms with van der Waals surface area (Å²) in [6.07, 6.45) is 0. The van der Waals surface area contributed by atoms with Gasteiger partial charge in [0.15, 0.2) is 0 Å². The second-order valence-corrected chi connectivity index (χ2v) is 38.0. The lowest BCUT2D eigenvalue weighted by Gasteiger charge is -2.46. The van der Waals surface area contributed by atoms with Gasteiger partial charge in [0.25, 0.3) is 6.71 Å². The van der Waals surface area contributed by atoms with Crippen LogP contribution in [0.15, 0.2) is 315 Å². The molecule has 7 heteroatoms. The maximum Gasteiger partial charge on any atom is 0.252 e. The van der Waals surface area contributed by atoms with Crippen molar-refractivity contribution < 1.29 is 0 Å². The second-order valence-electron chi connectivity index (χ2n) is 38.0. The molecule has 6 nitrogen and oxygen atoms in total. The summed E-state index contributed by atoms with van der Waals surface area (Å²) < 4.78 is 4.97. The van der Waals surface area contributed by atoms with Crippen molar-refractivity contribution in [2.24, 2.45) is 0 Å². The molecule has 0 unspecified atom stereocenters. The molecule has 0 atom stereocenters. The van der Waals surface area contributed by atoms with Crippen LogP contribution in [-0.2, 0) is 27.1 Å². The van der Waals surface area contributed by atoms with Crippen LogP contribution in [0.5, 0.6) is 0 Å². The molecule has 17 aromatic rings. The van der Waals surface area contributed by atoms with Crippen molar-refractivity contribution in [1.29, 1.82) is 10.5 Å².